The van der Waals surface area contributed by atoms with Crippen LogP contribution < -0.4 is 23.8 Å². The number of rotatable bonds is 11. The molecule has 4 aromatic rings. The van der Waals surface area contributed by atoms with Crippen LogP contribution >= 0.6 is 22.9 Å². The Bertz CT molecular complexity index is 1960. The van der Waals surface area contributed by atoms with Crippen molar-refractivity contribution in [1.29, 1.82) is 0 Å². The summed E-state index contributed by atoms with van der Waals surface area (Å²) in [7, 11) is 0.352. The third-order valence-electron chi connectivity index (χ3n) is 7.52. The minimum absolute atomic E-state index is 0.00490. The second kappa shape index (κ2) is 13.3. The van der Waals surface area contributed by atoms with E-state index in [4.69, 9.17) is 21.1 Å². The van der Waals surface area contributed by atoms with Gasteiger partial charge in [-0.1, -0.05) is 29.8 Å². The normalized spacial score (nSPS) is 16.8. The first-order valence-corrected chi connectivity index (χ1v) is 16.7. The molecule has 3 aromatic carbocycles. The predicted octanol–water partition coefficient (Wildman–Crippen LogP) is 4.98. The molecule has 2 amide bonds. The molecule has 5 rings (SSSR count). The lowest BCUT2D eigenvalue weighted by Crippen LogP contribution is -2.59. The summed E-state index contributed by atoms with van der Waals surface area (Å²) in [4.78, 5) is 33.4. The van der Waals surface area contributed by atoms with Gasteiger partial charge in [0.2, 0.25) is 5.91 Å². The van der Waals surface area contributed by atoms with Gasteiger partial charge in [0.05, 0.1) is 37.2 Å². The smallest absolute Gasteiger partial charge is 0.497 e. The molecule has 11 nitrogen and oxygen atoms in total. The summed E-state index contributed by atoms with van der Waals surface area (Å²) >= 11 is 7.74. The lowest BCUT2D eigenvalue weighted by atomic mass is 9.82. The summed E-state index contributed by atoms with van der Waals surface area (Å²) in [5.74, 6) is -2.78. The van der Waals surface area contributed by atoms with Gasteiger partial charge in [-0.15, -0.1) is 24.5 Å². The number of likely N-dealkylation sites (N-methyl/N-ethyl adjacent to an activating group) is 1. The monoisotopic (exact) mass is 724 g/mol. The number of hydrogen-bond donors (Lipinski definition) is 1. The number of sulfonamides is 1. The number of thiazole rings is 1. The Kier molecular flexibility index (Phi) is 9.65. The first-order chi connectivity index (χ1) is 22.6. The van der Waals surface area contributed by atoms with Crippen LogP contribution in [0.4, 0.5) is 18.9 Å². The molecule has 0 fully saturated rings. The Hall–Kier alpha value is -4.38. The largest absolute Gasteiger partial charge is 0.573 e. The number of fused-ring (bicyclic) bond motifs is 1. The van der Waals surface area contributed by atoms with Crippen LogP contribution in [0.25, 0.3) is 0 Å². The van der Waals surface area contributed by atoms with E-state index in [0.717, 1.165) is 18.2 Å². The molecule has 1 aromatic heterocycles. The van der Waals surface area contributed by atoms with Gasteiger partial charge in [-0.25, -0.2) is 17.7 Å². The maximum absolute atomic E-state index is 15.1. The highest BCUT2D eigenvalue weighted by Crippen LogP contribution is 2.51. The lowest BCUT2D eigenvalue weighted by Gasteiger charge is -2.35. The van der Waals surface area contributed by atoms with Crippen LogP contribution in [-0.4, -0.2) is 70.8 Å². The van der Waals surface area contributed by atoms with Crippen molar-refractivity contribution in [3.05, 3.63) is 93.4 Å². The van der Waals surface area contributed by atoms with Crippen LogP contribution in [0.1, 0.15) is 16.8 Å². The Morgan fingerprint density at radius 3 is 2.42 bits per heavy atom. The fourth-order valence-electron chi connectivity index (χ4n) is 5.49. The SMILES string of the molecule is COc1ccc(S(=O)(=O)N2C(=O)C(N[C@@H](Cc3cscn3)C(=O)N(C)C)(c3ccccc3OC)c3cc(Cl)ccc32)c(OC(F)(F)F)c1. The zero-order chi connectivity index (χ0) is 35.0. The van der Waals surface area contributed by atoms with E-state index in [-0.39, 0.29) is 39.8 Å². The number of hydrogen-bond acceptors (Lipinski definition) is 10. The van der Waals surface area contributed by atoms with Crippen molar-refractivity contribution in [2.75, 3.05) is 32.6 Å². The number of ether oxygens (including phenoxy) is 3. The van der Waals surface area contributed by atoms with Crippen LogP contribution in [0, 0.1) is 0 Å². The van der Waals surface area contributed by atoms with E-state index in [1.807, 2.05) is 0 Å². The molecular weight excluding hydrogens is 697 g/mol. The topological polar surface area (TPSA) is 127 Å². The Morgan fingerprint density at radius 2 is 1.79 bits per heavy atom. The molecule has 0 bridgehead atoms. The van der Waals surface area contributed by atoms with Crippen molar-refractivity contribution in [2.24, 2.45) is 0 Å². The Morgan fingerprint density at radius 1 is 1.06 bits per heavy atom. The van der Waals surface area contributed by atoms with E-state index in [9.17, 15) is 26.4 Å². The molecule has 0 aliphatic carbocycles. The van der Waals surface area contributed by atoms with Crippen LogP contribution in [-0.2, 0) is 31.6 Å². The number of carbonyl (C=O) groups excluding carboxylic acids is 2. The molecule has 1 aliphatic heterocycles. The van der Waals surface area contributed by atoms with Crippen LogP contribution in [0.15, 0.2) is 76.4 Å². The Balaban J connectivity index is 1.80. The number of amides is 2. The van der Waals surface area contributed by atoms with Gasteiger partial charge in [-0.05, 0) is 36.4 Å². The van der Waals surface area contributed by atoms with Crippen molar-refractivity contribution in [3.8, 4) is 17.2 Å². The third kappa shape index (κ3) is 6.40. The Labute approximate surface area is 282 Å². The predicted molar refractivity (Wildman–Crippen MR) is 171 cm³/mol. The highest BCUT2D eigenvalue weighted by atomic mass is 35.5. The lowest BCUT2D eigenvalue weighted by molar-refractivity contribution is -0.275. The van der Waals surface area contributed by atoms with Gasteiger partial charge in [0.15, 0.2) is 11.3 Å². The molecule has 2 atom stereocenters. The number of benzene rings is 3. The zero-order valence-electron chi connectivity index (χ0n) is 25.7. The standard InChI is InChI=1S/C31H28ClF3N4O7S2/c1-38(2)28(40)23(14-19-16-47-17-36-19)37-30(21-7-5-6-8-25(21)45-4)22-13-18(32)9-11-24(22)39(29(30)41)48(42,43)27-12-10-20(44-3)15-26(27)46-31(33,34)35/h5-13,15-17,23,37H,14H2,1-4H3/t23-,30?/m0/s1. The van der Waals surface area contributed by atoms with Crippen molar-refractivity contribution in [3.63, 3.8) is 0 Å². The van der Waals surface area contributed by atoms with E-state index in [2.05, 4.69) is 15.0 Å². The van der Waals surface area contributed by atoms with E-state index < -0.39 is 50.4 Å². The van der Waals surface area contributed by atoms with E-state index >= 15 is 4.79 Å². The molecule has 48 heavy (non-hydrogen) atoms. The molecular formula is C31H28ClF3N4O7S2. The number of nitrogens with one attached hydrogen (secondary N) is 1. The summed E-state index contributed by atoms with van der Waals surface area (Å²) in [6.07, 6.45) is -5.31. The van der Waals surface area contributed by atoms with Crippen molar-refractivity contribution in [2.45, 2.75) is 29.3 Å². The number of nitrogens with zero attached hydrogens (tertiary/aromatic N) is 3. The summed E-state index contributed by atoms with van der Waals surface area (Å²) in [6, 6.07) is 11.7. The number of carbonyl (C=O) groups is 2. The quantitative estimate of drug-likeness (QED) is 0.228. The third-order valence-corrected chi connectivity index (χ3v) is 10.1. The average molecular weight is 725 g/mol. The minimum Gasteiger partial charge on any atom is -0.497 e. The maximum atomic E-state index is 15.1. The molecule has 1 N–H and O–H groups in total. The van der Waals surface area contributed by atoms with E-state index in [0.29, 0.717) is 10.00 Å². The van der Waals surface area contributed by atoms with Crippen LogP contribution in [0.3, 0.4) is 0 Å². The minimum atomic E-state index is -5.30. The molecule has 0 radical (unpaired) electrons. The van der Waals surface area contributed by atoms with Crippen LogP contribution in [0.2, 0.25) is 5.02 Å². The van der Waals surface area contributed by atoms with Gasteiger partial charge in [-0.2, -0.15) is 0 Å². The summed E-state index contributed by atoms with van der Waals surface area (Å²) in [5, 5.41) is 4.96. The second-order valence-electron chi connectivity index (χ2n) is 10.7. The van der Waals surface area contributed by atoms with Crippen molar-refractivity contribution >= 4 is 50.5 Å². The summed E-state index contributed by atoms with van der Waals surface area (Å²) < 4.78 is 84.7. The number of methoxy groups -OCH3 is 2. The molecule has 17 heteroatoms. The zero-order valence-corrected chi connectivity index (χ0v) is 28.1. The van der Waals surface area contributed by atoms with Gasteiger partial charge < -0.3 is 19.1 Å². The number of alkyl halides is 3. The summed E-state index contributed by atoms with van der Waals surface area (Å²) in [6.45, 7) is 0. The number of para-hydroxylation sites is 1. The fraction of sp³-hybridized carbons (Fsp3) is 0.258. The molecule has 0 saturated carbocycles. The first-order valence-electron chi connectivity index (χ1n) is 14.0. The molecule has 2 heterocycles. The number of halogens is 4. The van der Waals surface area contributed by atoms with E-state index in [1.54, 1.807) is 23.0 Å². The average Bonchev–Trinajstić information content (AvgIpc) is 3.63. The number of anilines is 1. The number of aromatic nitrogens is 1. The van der Waals surface area contributed by atoms with Gasteiger partial charge in [0, 0.05) is 48.1 Å². The van der Waals surface area contributed by atoms with Gasteiger partial charge in [0.1, 0.15) is 16.4 Å². The van der Waals surface area contributed by atoms with Crippen molar-refractivity contribution < 1.29 is 45.4 Å². The second-order valence-corrected chi connectivity index (χ2v) is 13.6. The molecule has 1 aliphatic rings. The molecule has 0 saturated heterocycles. The molecule has 254 valence electrons. The fourth-order valence-corrected chi connectivity index (χ4v) is 7.79. The summed E-state index contributed by atoms with van der Waals surface area (Å²) in [5.41, 5.74) is -0.242. The first kappa shape index (κ1) is 34.9. The maximum Gasteiger partial charge on any atom is 0.573 e. The van der Waals surface area contributed by atoms with Gasteiger partial charge >= 0.3 is 6.36 Å². The van der Waals surface area contributed by atoms with E-state index in [1.165, 1.54) is 74.9 Å². The van der Waals surface area contributed by atoms with Crippen LogP contribution in [0.5, 0.6) is 17.2 Å². The van der Waals surface area contributed by atoms with Gasteiger partial charge in [-0.3, -0.25) is 14.9 Å². The van der Waals surface area contributed by atoms with Crippen molar-refractivity contribution in [1.82, 2.24) is 15.2 Å². The molecule has 0 spiro atoms. The highest BCUT2D eigenvalue weighted by molar-refractivity contribution is 7.93. The molecule has 1 unspecified atom stereocenters. The van der Waals surface area contributed by atoms with Gasteiger partial charge in [0.25, 0.3) is 15.9 Å². The highest BCUT2D eigenvalue weighted by Gasteiger charge is 2.59.